The minimum atomic E-state index is 0.0868. The lowest BCUT2D eigenvalue weighted by Crippen LogP contribution is -2.39. The Morgan fingerprint density at radius 2 is 2.00 bits per heavy atom. The summed E-state index contributed by atoms with van der Waals surface area (Å²) in [5.74, 6) is 0.532. The summed E-state index contributed by atoms with van der Waals surface area (Å²) in [6.07, 6.45) is 1.83. The van der Waals surface area contributed by atoms with Gasteiger partial charge in [0.15, 0.2) is 0 Å². The number of rotatable bonds is 4. The smallest absolute Gasteiger partial charge is 0.230 e. The molecule has 1 aromatic carbocycles. The van der Waals surface area contributed by atoms with Crippen LogP contribution in [0.3, 0.4) is 0 Å². The zero-order chi connectivity index (χ0) is 12.8. The summed E-state index contributed by atoms with van der Waals surface area (Å²) < 4.78 is 5.25. The van der Waals surface area contributed by atoms with Crippen LogP contribution in [0.25, 0.3) is 0 Å². The Labute approximate surface area is 111 Å². The number of carbonyl (C=O) groups is 1. The van der Waals surface area contributed by atoms with Crippen LogP contribution < -0.4 is 11.1 Å². The van der Waals surface area contributed by atoms with E-state index in [2.05, 4.69) is 5.32 Å². The van der Waals surface area contributed by atoms with Crippen molar-refractivity contribution in [2.24, 2.45) is 0 Å². The lowest BCUT2D eigenvalue weighted by molar-refractivity contribution is -0.119. The van der Waals surface area contributed by atoms with Gasteiger partial charge in [0.25, 0.3) is 0 Å². The average Bonchev–Trinajstić information content (AvgIpc) is 2.39. The summed E-state index contributed by atoms with van der Waals surface area (Å²) in [7, 11) is 0. The highest BCUT2D eigenvalue weighted by atomic mass is 32.2. The van der Waals surface area contributed by atoms with Gasteiger partial charge in [-0.25, -0.2) is 0 Å². The second kappa shape index (κ2) is 6.66. The van der Waals surface area contributed by atoms with Gasteiger partial charge in [0, 0.05) is 29.8 Å². The molecule has 18 heavy (non-hydrogen) atoms. The molecule has 4 nitrogen and oxygen atoms in total. The Morgan fingerprint density at radius 3 is 2.67 bits per heavy atom. The molecule has 0 bridgehead atoms. The first-order valence-electron chi connectivity index (χ1n) is 6.09. The van der Waals surface area contributed by atoms with Crippen LogP contribution in [0.2, 0.25) is 0 Å². The molecule has 0 unspecified atom stereocenters. The number of anilines is 1. The third kappa shape index (κ3) is 4.23. The molecule has 1 heterocycles. The van der Waals surface area contributed by atoms with Crippen molar-refractivity contribution in [3.05, 3.63) is 24.3 Å². The second-order valence-corrected chi connectivity index (χ2v) is 5.36. The number of carbonyl (C=O) groups excluding carboxylic acids is 1. The number of hydrogen-bond donors (Lipinski definition) is 2. The van der Waals surface area contributed by atoms with E-state index in [1.807, 2.05) is 24.3 Å². The van der Waals surface area contributed by atoms with Crippen LogP contribution in [0.4, 0.5) is 5.69 Å². The fourth-order valence-electron chi connectivity index (χ4n) is 1.82. The number of nitrogen functional groups attached to an aromatic ring is 1. The first kappa shape index (κ1) is 13.2. The molecule has 0 radical (unpaired) electrons. The minimum absolute atomic E-state index is 0.0868. The average molecular weight is 266 g/mol. The van der Waals surface area contributed by atoms with Crippen molar-refractivity contribution in [2.45, 2.75) is 23.8 Å². The van der Waals surface area contributed by atoms with Gasteiger partial charge >= 0.3 is 0 Å². The number of benzene rings is 1. The monoisotopic (exact) mass is 266 g/mol. The normalized spacial score (nSPS) is 16.4. The molecule has 0 aliphatic carbocycles. The Bertz CT molecular complexity index is 388. The van der Waals surface area contributed by atoms with Gasteiger partial charge in [0.05, 0.1) is 5.75 Å². The van der Waals surface area contributed by atoms with Gasteiger partial charge in [0.2, 0.25) is 5.91 Å². The summed E-state index contributed by atoms with van der Waals surface area (Å²) in [4.78, 5) is 12.8. The molecule has 1 fully saturated rings. The predicted molar refractivity (Wildman–Crippen MR) is 73.6 cm³/mol. The minimum Gasteiger partial charge on any atom is -0.399 e. The first-order valence-corrected chi connectivity index (χ1v) is 7.08. The number of ether oxygens (including phenoxy) is 1. The van der Waals surface area contributed by atoms with Crippen LogP contribution in [0.5, 0.6) is 0 Å². The Balaban J connectivity index is 1.72. The highest BCUT2D eigenvalue weighted by Gasteiger charge is 2.15. The maximum atomic E-state index is 11.8. The van der Waals surface area contributed by atoms with E-state index in [1.165, 1.54) is 11.8 Å². The van der Waals surface area contributed by atoms with Crippen LogP contribution in [0.1, 0.15) is 12.8 Å². The van der Waals surface area contributed by atoms with Crippen LogP contribution in [0.15, 0.2) is 29.2 Å². The number of thioether (sulfide) groups is 1. The molecule has 1 saturated heterocycles. The van der Waals surface area contributed by atoms with E-state index in [9.17, 15) is 4.79 Å². The van der Waals surface area contributed by atoms with Crippen molar-refractivity contribution >= 4 is 23.4 Å². The predicted octanol–water partition coefficient (Wildman–Crippen LogP) is 1.66. The highest BCUT2D eigenvalue weighted by molar-refractivity contribution is 8.00. The zero-order valence-electron chi connectivity index (χ0n) is 10.2. The number of amides is 1. The van der Waals surface area contributed by atoms with Gasteiger partial charge in [-0.2, -0.15) is 0 Å². The van der Waals surface area contributed by atoms with Gasteiger partial charge in [-0.1, -0.05) is 0 Å². The molecule has 0 aromatic heterocycles. The van der Waals surface area contributed by atoms with Crippen molar-refractivity contribution in [3.8, 4) is 0 Å². The number of nitrogens with two attached hydrogens (primary N) is 1. The van der Waals surface area contributed by atoms with E-state index in [-0.39, 0.29) is 11.9 Å². The molecule has 0 saturated carbocycles. The summed E-state index contributed by atoms with van der Waals surface area (Å²) >= 11 is 1.53. The van der Waals surface area contributed by atoms with E-state index < -0.39 is 0 Å². The topological polar surface area (TPSA) is 64.4 Å². The van der Waals surface area contributed by atoms with Crippen molar-refractivity contribution in [2.75, 3.05) is 24.7 Å². The molecule has 0 atom stereocenters. The Hall–Kier alpha value is -1.20. The fourth-order valence-corrected chi connectivity index (χ4v) is 2.53. The van der Waals surface area contributed by atoms with Crippen molar-refractivity contribution in [1.29, 1.82) is 0 Å². The maximum Gasteiger partial charge on any atom is 0.230 e. The van der Waals surface area contributed by atoms with Gasteiger partial charge < -0.3 is 15.8 Å². The second-order valence-electron chi connectivity index (χ2n) is 4.31. The zero-order valence-corrected chi connectivity index (χ0v) is 11.0. The molecule has 2 rings (SSSR count). The Kier molecular flexibility index (Phi) is 4.90. The van der Waals surface area contributed by atoms with E-state index in [0.717, 1.165) is 36.6 Å². The molecule has 1 aliphatic rings. The van der Waals surface area contributed by atoms with Crippen LogP contribution >= 0.6 is 11.8 Å². The van der Waals surface area contributed by atoms with Crippen LogP contribution in [-0.2, 0) is 9.53 Å². The number of nitrogens with one attached hydrogen (secondary N) is 1. The third-order valence-electron chi connectivity index (χ3n) is 2.84. The lowest BCUT2D eigenvalue weighted by atomic mass is 10.1. The fraction of sp³-hybridized carbons (Fsp3) is 0.462. The molecule has 1 amide bonds. The molecule has 5 heteroatoms. The molecule has 98 valence electrons. The lowest BCUT2D eigenvalue weighted by Gasteiger charge is -2.22. The molecule has 3 N–H and O–H groups in total. The molecular weight excluding hydrogens is 248 g/mol. The van der Waals surface area contributed by atoms with Crippen molar-refractivity contribution in [1.82, 2.24) is 5.32 Å². The van der Waals surface area contributed by atoms with Gasteiger partial charge in [0.1, 0.15) is 0 Å². The Morgan fingerprint density at radius 1 is 1.33 bits per heavy atom. The van der Waals surface area contributed by atoms with E-state index in [1.54, 1.807) is 0 Å². The molecule has 1 aromatic rings. The summed E-state index contributed by atoms with van der Waals surface area (Å²) in [6, 6.07) is 7.83. The quantitative estimate of drug-likeness (QED) is 0.642. The van der Waals surface area contributed by atoms with Crippen molar-refractivity contribution in [3.63, 3.8) is 0 Å². The van der Waals surface area contributed by atoms with Crippen LogP contribution in [0, 0.1) is 0 Å². The van der Waals surface area contributed by atoms with Crippen LogP contribution in [-0.4, -0.2) is 30.9 Å². The standard InChI is InChI=1S/C13H18N2O2S/c14-10-1-3-12(4-2-10)18-9-13(16)15-11-5-7-17-8-6-11/h1-4,11H,5-9,14H2,(H,15,16). The van der Waals surface area contributed by atoms with Crippen molar-refractivity contribution < 1.29 is 9.53 Å². The molecular formula is C13H18N2O2S. The summed E-state index contributed by atoms with van der Waals surface area (Å²) in [5.41, 5.74) is 6.35. The van der Waals surface area contributed by atoms with Gasteiger partial charge in [-0.15, -0.1) is 11.8 Å². The molecule has 0 spiro atoms. The maximum absolute atomic E-state index is 11.8. The van der Waals surface area contributed by atoms with Gasteiger partial charge in [-0.3, -0.25) is 4.79 Å². The SMILES string of the molecule is Nc1ccc(SCC(=O)NC2CCOCC2)cc1. The number of hydrogen-bond acceptors (Lipinski definition) is 4. The highest BCUT2D eigenvalue weighted by Crippen LogP contribution is 2.19. The third-order valence-corrected chi connectivity index (χ3v) is 3.85. The van der Waals surface area contributed by atoms with E-state index in [0.29, 0.717) is 5.75 Å². The molecule has 1 aliphatic heterocycles. The largest absolute Gasteiger partial charge is 0.399 e. The van der Waals surface area contributed by atoms with E-state index >= 15 is 0 Å². The van der Waals surface area contributed by atoms with Gasteiger partial charge in [-0.05, 0) is 37.1 Å². The summed E-state index contributed by atoms with van der Waals surface area (Å²) in [5, 5.41) is 3.04. The van der Waals surface area contributed by atoms with E-state index in [4.69, 9.17) is 10.5 Å². The first-order chi connectivity index (χ1) is 8.74. The summed E-state index contributed by atoms with van der Waals surface area (Å²) in [6.45, 7) is 1.49.